The number of allylic oxidation sites excluding steroid dienone is 3. The lowest BCUT2D eigenvalue weighted by Crippen LogP contribution is -2.39. The summed E-state index contributed by atoms with van der Waals surface area (Å²) in [5.41, 5.74) is 10.0. The zero-order valence-electron chi connectivity index (χ0n) is 14.1. The maximum absolute atomic E-state index is 11.2. The Morgan fingerprint density at radius 2 is 2.17 bits per heavy atom. The molecule has 1 fully saturated rings. The molecule has 0 aromatic carbocycles. The molecule has 0 aromatic heterocycles. The van der Waals surface area contributed by atoms with Crippen LogP contribution in [-0.2, 0) is 0 Å². The van der Waals surface area contributed by atoms with Crippen molar-refractivity contribution in [1.29, 1.82) is 0 Å². The summed E-state index contributed by atoms with van der Waals surface area (Å²) in [7, 11) is 0. The summed E-state index contributed by atoms with van der Waals surface area (Å²) in [5.74, 6) is 0.902. The van der Waals surface area contributed by atoms with Gasteiger partial charge in [-0.1, -0.05) is 36.3 Å². The third kappa shape index (κ3) is 2.26. The van der Waals surface area contributed by atoms with Crippen LogP contribution < -0.4 is 0 Å². The normalized spacial score (nSPS) is 46.6. The van der Waals surface area contributed by atoms with E-state index in [1.54, 1.807) is 0 Å². The highest BCUT2D eigenvalue weighted by molar-refractivity contribution is 5.43. The van der Waals surface area contributed by atoms with Crippen molar-refractivity contribution in [2.75, 3.05) is 0 Å². The molecule has 0 heterocycles. The van der Waals surface area contributed by atoms with Gasteiger partial charge in [0.15, 0.2) is 0 Å². The van der Waals surface area contributed by atoms with Gasteiger partial charge in [-0.2, -0.15) is 0 Å². The molecule has 4 aliphatic rings. The average molecular weight is 327 g/mol. The van der Waals surface area contributed by atoms with Crippen molar-refractivity contribution < 1.29 is 10.2 Å². The van der Waals surface area contributed by atoms with Crippen molar-refractivity contribution in [2.45, 2.75) is 63.2 Å². The fourth-order valence-corrected chi connectivity index (χ4v) is 5.50. The first-order valence-corrected chi connectivity index (χ1v) is 9.01. The molecule has 4 rings (SSSR count). The first kappa shape index (κ1) is 15.9. The highest BCUT2D eigenvalue weighted by Gasteiger charge is 2.52. The predicted octanol–water partition coefficient (Wildman–Crippen LogP) is 3.80. The minimum atomic E-state index is -0.903. The van der Waals surface area contributed by atoms with Gasteiger partial charge in [0.25, 0.3) is 0 Å². The monoisotopic (exact) mass is 327 g/mol. The van der Waals surface area contributed by atoms with Crippen LogP contribution in [0.3, 0.4) is 0 Å². The smallest absolute Gasteiger partial charge is 0.0903 e. The van der Waals surface area contributed by atoms with Crippen molar-refractivity contribution in [1.82, 2.24) is 0 Å². The van der Waals surface area contributed by atoms with Gasteiger partial charge in [-0.15, -0.1) is 0 Å². The Kier molecular flexibility index (Phi) is 3.64. The van der Waals surface area contributed by atoms with E-state index < -0.39 is 5.60 Å². The predicted molar refractivity (Wildman–Crippen MR) is 92.0 cm³/mol. The molecule has 128 valence electrons. The minimum absolute atomic E-state index is 0.0196. The van der Waals surface area contributed by atoms with E-state index >= 15 is 0 Å². The van der Waals surface area contributed by atoms with Crippen molar-refractivity contribution in [3.05, 3.63) is 45.9 Å². The van der Waals surface area contributed by atoms with Crippen LogP contribution in [0.4, 0.5) is 0 Å². The Morgan fingerprint density at radius 3 is 2.96 bits per heavy atom. The van der Waals surface area contributed by atoms with Crippen molar-refractivity contribution >= 4 is 0 Å². The number of azide groups is 1. The van der Waals surface area contributed by atoms with E-state index in [0.29, 0.717) is 24.7 Å². The third-order valence-electron chi connectivity index (χ3n) is 7.02. The van der Waals surface area contributed by atoms with Crippen LogP contribution in [0, 0.1) is 17.3 Å². The van der Waals surface area contributed by atoms with E-state index in [4.69, 9.17) is 5.53 Å². The lowest BCUT2D eigenvalue weighted by atomic mass is 9.63. The number of nitrogens with zero attached hydrogens (tertiary/aromatic N) is 3. The van der Waals surface area contributed by atoms with E-state index in [9.17, 15) is 10.2 Å². The lowest BCUT2D eigenvalue weighted by Gasteiger charge is -2.42. The summed E-state index contributed by atoms with van der Waals surface area (Å²) in [6.07, 6.45) is 13.0. The number of aliphatic hydroxyl groups excluding tert-OH is 1. The van der Waals surface area contributed by atoms with Crippen LogP contribution in [0.2, 0.25) is 0 Å². The molecule has 0 radical (unpaired) electrons. The standard InChI is InChI=1S/C19H25N3O2/c1-18-8-6-12-10-13-2-3-14(21-22-20)11-19(13,24)9-7-15(12)16(18)4-5-17(18)23/h2-3,6,10,14-17,23-24H,4-5,7-9,11H2,1H3/t14-,15?,16+,17+,18+,19-/m1/s1. The molecule has 4 aliphatic carbocycles. The second-order valence-corrected chi connectivity index (χ2v) is 8.23. The average Bonchev–Trinajstić information content (AvgIpc) is 2.76. The second kappa shape index (κ2) is 5.48. The van der Waals surface area contributed by atoms with Gasteiger partial charge in [-0.05, 0) is 67.0 Å². The Bertz CT molecular complexity index is 691. The van der Waals surface area contributed by atoms with Gasteiger partial charge >= 0.3 is 0 Å². The van der Waals surface area contributed by atoms with Crippen LogP contribution in [0.5, 0.6) is 0 Å². The fourth-order valence-electron chi connectivity index (χ4n) is 5.50. The summed E-state index contributed by atoms with van der Waals surface area (Å²) >= 11 is 0. The number of aliphatic hydroxyl groups is 2. The quantitative estimate of drug-likeness (QED) is 0.436. The van der Waals surface area contributed by atoms with Gasteiger partial charge in [0.2, 0.25) is 0 Å². The highest BCUT2D eigenvalue weighted by atomic mass is 16.3. The zero-order valence-corrected chi connectivity index (χ0v) is 14.1. The largest absolute Gasteiger partial charge is 0.393 e. The maximum atomic E-state index is 11.2. The molecule has 0 saturated heterocycles. The highest BCUT2D eigenvalue weighted by Crippen LogP contribution is 2.57. The van der Waals surface area contributed by atoms with E-state index in [2.05, 4.69) is 29.1 Å². The van der Waals surface area contributed by atoms with E-state index in [0.717, 1.165) is 31.3 Å². The van der Waals surface area contributed by atoms with E-state index in [1.165, 1.54) is 5.57 Å². The topological polar surface area (TPSA) is 89.2 Å². The summed E-state index contributed by atoms with van der Waals surface area (Å²) < 4.78 is 0. The van der Waals surface area contributed by atoms with Crippen molar-refractivity contribution in [2.24, 2.45) is 22.4 Å². The molecular weight excluding hydrogens is 302 g/mol. The van der Waals surface area contributed by atoms with Gasteiger partial charge in [-0.3, -0.25) is 0 Å². The van der Waals surface area contributed by atoms with Gasteiger partial charge in [0.05, 0.1) is 17.7 Å². The Morgan fingerprint density at radius 1 is 1.33 bits per heavy atom. The second-order valence-electron chi connectivity index (χ2n) is 8.23. The van der Waals surface area contributed by atoms with Gasteiger partial charge in [0, 0.05) is 10.3 Å². The number of hydrogen-bond donors (Lipinski definition) is 2. The van der Waals surface area contributed by atoms with Crippen LogP contribution >= 0.6 is 0 Å². The molecule has 5 heteroatoms. The summed E-state index contributed by atoms with van der Waals surface area (Å²) in [5, 5.41) is 25.4. The molecule has 1 unspecified atom stereocenters. The molecule has 1 saturated carbocycles. The first-order valence-electron chi connectivity index (χ1n) is 9.01. The van der Waals surface area contributed by atoms with Crippen LogP contribution in [0.25, 0.3) is 10.4 Å². The molecule has 0 aliphatic heterocycles. The number of fused-ring (bicyclic) bond motifs is 4. The van der Waals surface area contributed by atoms with Gasteiger partial charge < -0.3 is 10.2 Å². The summed E-state index contributed by atoms with van der Waals surface area (Å²) in [4.78, 5) is 2.89. The molecule has 0 bridgehead atoms. The third-order valence-corrected chi connectivity index (χ3v) is 7.02. The maximum Gasteiger partial charge on any atom is 0.0903 e. The molecule has 2 N–H and O–H groups in total. The van der Waals surface area contributed by atoms with Crippen molar-refractivity contribution in [3.63, 3.8) is 0 Å². The molecule has 0 spiro atoms. The minimum Gasteiger partial charge on any atom is -0.393 e. The molecule has 5 nitrogen and oxygen atoms in total. The SMILES string of the molecule is C[C@]12CC=C3C=C4C=C[C@@H](N=[N+]=[N-])C[C@]4(O)CCC3[C@@H]1CC[C@@H]2O. The summed E-state index contributed by atoms with van der Waals surface area (Å²) in [6, 6.07) is -0.273. The Labute approximate surface area is 142 Å². The Balaban J connectivity index is 1.69. The van der Waals surface area contributed by atoms with Crippen LogP contribution in [-0.4, -0.2) is 28.0 Å². The number of hydrogen-bond acceptors (Lipinski definition) is 3. The van der Waals surface area contributed by atoms with Crippen LogP contribution in [0.15, 0.2) is 40.6 Å². The molecule has 0 amide bonds. The lowest BCUT2D eigenvalue weighted by molar-refractivity contribution is 0.0140. The van der Waals surface area contributed by atoms with Crippen LogP contribution in [0.1, 0.15) is 45.4 Å². The molecule has 24 heavy (non-hydrogen) atoms. The van der Waals surface area contributed by atoms with Crippen molar-refractivity contribution in [3.8, 4) is 0 Å². The van der Waals surface area contributed by atoms with E-state index in [-0.39, 0.29) is 17.6 Å². The van der Waals surface area contributed by atoms with Gasteiger partial charge in [-0.25, -0.2) is 0 Å². The Hall–Kier alpha value is -1.55. The number of rotatable bonds is 1. The summed E-state index contributed by atoms with van der Waals surface area (Å²) in [6.45, 7) is 2.22. The fraction of sp³-hybridized carbons (Fsp3) is 0.684. The molecular formula is C19H25N3O2. The zero-order chi connectivity index (χ0) is 16.9. The molecule has 6 atom stereocenters. The van der Waals surface area contributed by atoms with Gasteiger partial charge in [0.1, 0.15) is 0 Å². The molecule has 0 aromatic rings. The van der Waals surface area contributed by atoms with E-state index in [1.807, 2.05) is 12.2 Å². The first-order chi connectivity index (χ1) is 11.5.